The standard InChI is InChI=1S/C58H39N5/c1-38-32-33-45(40-20-7-3-8-21-40)53(36-38)62-51-30-15-13-27-46(51)48-34-35-49-47-28-14-16-31-52(47)63(55(49)54(48)62)58-60-56(41-22-9-4-10-23-41)59-57(61-58)50-29-12-11-26-44(50)43-25-17-24-42(37-43)39-18-5-2-6-19-39/h2-35,37H,1,36H2. The first-order chi connectivity index (χ1) is 31.2. The van der Waals surface area contributed by atoms with Crippen molar-refractivity contribution in [2.24, 2.45) is 0 Å². The van der Waals surface area contributed by atoms with Crippen molar-refractivity contribution in [3.05, 3.63) is 230 Å². The van der Waals surface area contributed by atoms with Gasteiger partial charge in [0.2, 0.25) is 5.95 Å². The molecule has 296 valence electrons. The van der Waals surface area contributed by atoms with Crippen molar-refractivity contribution >= 4 is 54.9 Å². The Morgan fingerprint density at radius 1 is 0.381 bits per heavy atom. The molecule has 1 aliphatic carbocycles. The molecule has 11 aromatic rings. The number of hydrogen-bond acceptors (Lipinski definition) is 3. The Morgan fingerprint density at radius 2 is 0.905 bits per heavy atom. The molecule has 0 bridgehead atoms. The molecular weight excluding hydrogens is 767 g/mol. The van der Waals surface area contributed by atoms with Gasteiger partial charge in [0, 0.05) is 50.4 Å². The van der Waals surface area contributed by atoms with Crippen LogP contribution in [-0.2, 0) is 0 Å². The highest BCUT2D eigenvalue weighted by atomic mass is 15.2. The van der Waals surface area contributed by atoms with Crippen molar-refractivity contribution in [1.82, 2.24) is 24.1 Å². The maximum atomic E-state index is 5.51. The quantitative estimate of drug-likeness (QED) is 0.161. The monoisotopic (exact) mass is 805 g/mol. The van der Waals surface area contributed by atoms with Gasteiger partial charge in [0.15, 0.2) is 11.6 Å². The van der Waals surface area contributed by atoms with Crippen molar-refractivity contribution in [3.8, 4) is 51.0 Å². The zero-order valence-corrected chi connectivity index (χ0v) is 34.4. The molecule has 0 spiro atoms. The highest BCUT2D eigenvalue weighted by Crippen LogP contribution is 2.45. The highest BCUT2D eigenvalue weighted by Gasteiger charge is 2.26. The summed E-state index contributed by atoms with van der Waals surface area (Å²) in [6.45, 7) is 4.48. The van der Waals surface area contributed by atoms with E-state index in [1.54, 1.807) is 0 Å². The van der Waals surface area contributed by atoms with E-state index in [9.17, 15) is 0 Å². The van der Waals surface area contributed by atoms with E-state index in [4.69, 9.17) is 15.0 Å². The van der Waals surface area contributed by atoms with Crippen molar-refractivity contribution in [1.29, 1.82) is 0 Å². The fourth-order valence-electron chi connectivity index (χ4n) is 9.46. The Bertz CT molecular complexity index is 3650. The normalized spacial score (nSPS) is 12.9. The SMILES string of the molecule is C=C1C=CC(c2ccccc2)=C(n2c3ccccc3c3ccc4c5ccccc5n(-c5nc(-c6ccccc6)nc(-c6ccccc6-c6cccc(-c7ccccc7)c6)n5)c4c32)C1. The highest BCUT2D eigenvalue weighted by molar-refractivity contribution is 6.24. The van der Waals surface area contributed by atoms with Crippen molar-refractivity contribution < 1.29 is 0 Å². The minimum atomic E-state index is 0.549. The maximum Gasteiger partial charge on any atom is 0.238 e. The van der Waals surface area contributed by atoms with Gasteiger partial charge in [-0.1, -0.05) is 201 Å². The molecule has 12 rings (SSSR count). The Kier molecular flexibility index (Phi) is 8.64. The number of benzene rings is 8. The summed E-state index contributed by atoms with van der Waals surface area (Å²) in [6, 6.07) is 70.5. The van der Waals surface area contributed by atoms with Gasteiger partial charge in [-0.15, -0.1) is 0 Å². The second-order valence-electron chi connectivity index (χ2n) is 16.1. The smallest absolute Gasteiger partial charge is 0.238 e. The number of fused-ring (bicyclic) bond motifs is 7. The minimum absolute atomic E-state index is 0.549. The average molecular weight is 806 g/mol. The molecule has 0 N–H and O–H groups in total. The first-order valence-electron chi connectivity index (χ1n) is 21.4. The van der Waals surface area contributed by atoms with E-state index in [-0.39, 0.29) is 0 Å². The maximum absolute atomic E-state index is 5.51. The van der Waals surface area contributed by atoms with Crippen LogP contribution in [0.5, 0.6) is 0 Å². The van der Waals surface area contributed by atoms with Crippen LogP contribution in [0.15, 0.2) is 224 Å². The Hall–Kier alpha value is -8.41. The molecule has 63 heavy (non-hydrogen) atoms. The lowest BCUT2D eigenvalue weighted by Crippen LogP contribution is -2.08. The Balaban J connectivity index is 1.18. The predicted molar refractivity (Wildman–Crippen MR) is 261 cm³/mol. The number of nitrogens with zero attached hydrogens (tertiary/aromatic N) is 5. The zero-order valence-electron chi connectivity index (χ0n) is 34.4. The third-order valence-corrected chi connectivity index (χ3v) is 12.3. The summed E-state index contributed by atoms with van der Waals surface area (Å²) in [6.07, 6.45) is 5.07. The summed E-state index contributed by atoms with van der Waals surface area (Å²) in [5.74, 6) is 1.75. The van der Waals surface area contributed by atoms with Crippen LogP contribution in [0, 0.1) is 0 Å². The number of para-hydroxylation sites is 2. The molecule has 0 saturated heterocycles. The first-order valence-corrected chi connectivity index (χ1v) is 21.4. The number of rotatable bonds is 7. The number of hydrogen-bond donors (Lipinski definition) is 0. The second-order valence-corrected chi connectivity index (χ2v) is 16.1. The largest absolute Gasteiger partial charge is 0.310 e. The van der Waals surface area contributed by atoms with Gasteiger partial charge in [-0.2, -0.15) is 9.97 Å². The van der Waals surface area contributed by atoms with E-state index >= 15 is 0 Å². The zero-order chi connectivity index (χ0) is 41.9. The number of allylic oxidation sites excluding steroid dienone is 5. The lowest BCUT2D eigenvalue weighted by Gasteiger charge is -2.22. The van der Waals surface area contributed by atoms with Gasteiger partial charge in [0.25, 0.3) is 0 Å². The third kappa shape index (κ3) is 6.13. The predicted octanol–water partition coefficient (Wildman–Crippen LogP) is 14.6. The summed E-state index contributed by atoms with van der Waals surface area (Å²) in [4.78, 5) is 16.2. The van der Waals surface area contributed by atoms with E-state index in [0.29, 0.717) is 24.0 Å². The van der Waals surface area contributed by atoms with Gasteiger partial charge < -0.3 is 4.57 Å². The molecule has 1 aliphatic rings. The summed E-state index contributed by atoms with van der Waals surface area (Å²) in [5.41, 5.74) is 15.1. The summed E-state index contributed by atoms with van der Waals surface area (Å²) in [7, 11) is 0. The summed E-state index contributed by atoms with van der Waals surface area (Å²) in [5, 5.41) is 4.58. The van der Waals surface area contributed by atoms with Gasteiger partial charge in [0.05, 0.1) is 22.1 Å². The molecule has 0 unspecified atom stereocenters. The van der Waals surface area contributed by atoms with Crippen LogP contribution in [0.3, 0.4) is 0 Å². The second kappa shape index (κ2) is 14.9. The van der Waals surface area contributed by atoms with Crippen LogP contribution >= 0.6 is 0 Å². The van der Waals surface area contributed by atoms with Gasteiger partial charge in [-0.3, -0.25) is 4.57 Å². The molecule has 3 aromatic heterocycles. The van der Waals surface area contributed by atoms with Crippen LogP contribution in [0.1, 0.15) is 12.0 Å². The topological polar surface area (TPSA) is 48.5 Å². The molecule has 8 aromatic carbocycles. The van der Waals surface area contributed by atoms with Gasteiger partial charge in [-0.05, 0) is 51.6 Å². The molecule has 5 heteroatoms. The van der Waals surface area contributed by atoms with E-state index in [1.807, 2.05) is 18.2 Å². The molecule has 0 amide bonds. The Morgan fingerprint density at radius 3 is 1.60 bits per heavy atom. The minimum Gasteiger partial charge on any atom is -0.310 e. The Labute approximate surface area is 364 Å². The molecule has 0 fully saturated rings. The molecule has 5 nitrogen and oxygen atoms in total. The average Bonchev–Trinajstić information content (AvgIpc) is 3.88. The van der Waals surface area contributed by atoms with Crippen LogP contribution in [0.25, 0.3) is 106 Å². The van der Waals surface area contributed by atoms with Crippen LogP contribution in [0.4, 0.5) is 0 Å². The third-order valence-electron chi connectivity index (χ3n) is 12.3. The van der Waals surface area contributed by atoms with Gasteiger partial charge in [0.1, 0.15) is 0 Å². The number of aromatic nitrogens is 5. The molecule has 0 saturated carbocycles. The van der Waals surface area contributed by atoms with E-state index in [0.717, 1.165) is 77.2 Å². The summed E-state index contributed by atoms with van der Waals surface area (Å²) < 4.78 is 4.75. The fourth-order valence-corrected chi connectivity index (χ4v) is 9.46. The first kappa shape index (κ1) is 36.4. The molecule has 0 atom stereocenters. The van der Waals surface area contributed by atoms with Crippen LogP contribution in [-0.4, -0.2) is 24.1 Å². The lowest BCUT2D eigenvalue weighted by molar-refractivity contribution is 0.953. The molecule has 3 heterocycles. The van der Waals surface area contributed by atoms with E-state index in [1.165, 1.54) is 22.2 Å². The molecular formula is C58H39N5. The van der Waals surface area contributed by atoms with Crippen molar-refractivity contribution in [3.63, 3.8) is 0 Å². The molecule has 0 radical (unpaired) electrons. The molecule has 0 aliphatic heterocycles. The summed E-state index contributed by atoms with van der Waals surface area (Å²) >= 11 is 0. The fraction of sp³-hybridized carbons (Fsp3) is 0.0172. The van der Waals surface area contributed by atoms with Crippen LogP contribution in [0.2, 0.25) is 0 Å². The van der Waals surface area contributed by atoms with Crippen LogP contribution < -0.4 is 0 Å². The van der Waals surface area contributed by atoms with E-state index < -0.39 is 0 Å². The van der Waals surface area contributed by atoms with Gasteiger partial charge in [-0.25, -0.2) is 4.98 Å². The lowest BCUT2D eigenvalue weighted by atomic mass is 9.94. The van der Waals surface area contributed by atoms with Gasteiger partial charge >= 0.3 is 0 Å². The van der Waals surface area contributed by atoms with Crippen molar-refractivity contribution in [2.75, 3.05) is 0 Å². The van der Waals surface area contributed by atoms with E-state index in [2.05, 4.69) is 210 Å². The van der Waals surface area contributed by atoms with Crippen molar-refractivity contribution in [2.45, 2.75) is 6.42 Å².